The molecule has 1 aromatic rings. The van der Waals surface area contributed by atoms with Crippen molar-refractivity contribution in [2.45, 2.75) is 32.5 Å². The standard InChI is InChI=1S/C17H17BrClN4O3/c1-9(10(2)24)23-13-14(20-16(23)18)21(3)17(26)22(15(13)25)8-11-5-4-6-12(19)7-11/h4-7,9,13H,8H2,1-3H3/q+1. The molecule has 2 aliphatic rings. The quantitative estimate of drug-likeness (QED) is 0.532. The topological polar surface area (TPSA) is 73.1 Å². The van der Waals surface area contributed by atoms with E-state index in [0.717, 1.165) is 10.5 Å². The number of rotatable bonds is 4. The van der Waals surface area contributed by atoms with Crippen LogP contribution in [0.2, 0.25) is 5.02 Å². The summed E-state index contributed by atoms with van der Waals surface area (Å²) in [6.07, 6.45) is 0. The number of imide groups is 1. The van der Waals surface area contributed by atoms with Crippen LogP contribution in [0.1, 0.15) is 19.4 Å². The Kier molecular flexibility index (Phi) is 4.98. The summed E-state index contributed by atoms with van der Waals surface area (Å²) in [5.41, 5.74) is 0.736. The first-order valence-electron chi connectivity index (χ1n) is 7.95. The lowest BCUT2D eigenvalue weighted by atomic mass is 10.1. The molecule has 2 aliphatic heterocycles. The average molecular weight is 441 g/mol. The van der Waals surface area contributed by atoms with Gasteiger partial charge >= 0.3 is 10.8 Å². The first-order valence-corrected chi connectivity index (χ1v) is 9.12. The number of urea groups is 1. The van der Waals surface area contributed by atoms with E-state index in [1.165, 1.54) is 11.8 Å². The van der Waals surface area contributed by atoms with Crippen LogP contribution in [0.4, 0.5) is 4.79 Å². The number of aliphatic imine (C=N–C) groups is 1. The molecule has 0 saturated carbocycles. The fourth-order valence-corrected chi connectivity index (χ4v) is 3.90. The number of Topliss-reactive ketones (excluding diaryl/α,β-unsaturated/α-hetero) is 1. The van der Waals surface area contributed by atoms with Gasteiger partial charge in [-0.25, -0.2) is 9.37 Å². The van der Waals surface area contributed by atoms with Gasteiger partial charge in [0.1, 0.15) is 0 Å². The first-order chi connectivity index (χ1) is 12.2. The number of benzene rings is 1. The number of ketones is 1. The molecule has 1 fully saturated rings. The predicted molar refractivity (Wildman–Crippen MR) is 101 cm³/mol. The second kappa shape index (κ2) is 6.92. The largest absolute Gasteiger partial charge is 0.365 e. The Morgan fingerprint density at radius 1 is 1.42 bits per heavy atom. The van der Waals surface area contributed by atoms with Gasteiger partial charge in [-0.1, -0.05) is 23.7 Å². The van der Waals surface area contributed by atoms with Gasteiger partial charge in [-0.05, 0) is 36.5 Å². The molecular weight excluding hydrogens is 424 g/mol. The van der Waals surface area contributed by atoms with E-state index in [1.807, 2.05) is 0 Å². The highest BCUT2D eigenvalue weighted by molar-refractivity contribution is 9.18. The summed E-state index contributed by atoms with van der Waals surface area (Å²) in [5.74, 6) is -0.219. The van der Waals surface area contributed by atoms with Crippen LogP contribution in [0.3, 0.4) is 0 Å². The second-order valence-electron chi connectivity index (χ2n) is 6.23. The van der Waals surface area contributed by atoms with Crippen molar-refractivity contribution in [3.63, 3.8) is 0 Å². The van der Waals surface area contributed by atoms with Gasteiger partial charge in [0.25, 0.3) is 17.8 Å². The number of hydrogen-bond donors (Lipinski definition) is 0. The van der Waals surface area contributed by atoms with Crippen molar-refractivity contribution >= 4 is 55.8 Å². The van der Waals surface area contributed by atoms with Gasteiger partial charge < -0.3 is 0 Å². The van der Waals surface area contributed by atoms with Crippen LogP contribution in [0.5, 0.6) is 0 Å². The Balaban J connectivity index is 1.97. The summed E-state index contributed by atoms with van der Waals surface area (Å²) in [6.45, 7) is 3.24. The Bertz CT molecular complexity index is 883. The Hall–Kier alpha value is -2.06. The van der Waals surface area contributed by atoms with Gasteiger partial charge in [-0.15, -0.1) is 0 Å². The van der Waals surface area contributed by atoms with Crippen molar-refractivity contribution in [2.75, 3.05) is 7.05 Å². The summed E-state index contributed by atoms with van der Waals surface area (Å²) in [7, 11) is 1.56. The molecule has 0 N–H and O–H groups in total. The maximum absolute atomic E-state index is 13.1. The number of amidine groups is 2. The van der Waals surface area contributed by atoms with Gasteiger partial charge in [-0.3, -0.25) is 19.4 Å². The molecule has 9 heteroatoms. The number of nitrogens with zero attached hydrogens (tertiary/aromatic N) is 4. The number of halogens is 2. The fraction of sp³-hybridized carbons (Fsp3) is 0.353. The first kappa shape index (κ1) is 18.7. The molecule has 1 saturated heterocycles. The van der Waals surface area contributed by atoms with Crippen molar-refractivity contribution < 1.29 is 19.0 Å². The van der Waals surface area contributed by atoms with Gasteiger partial charge in [0, 0.05) is 12.1 Å². The zero-order valence-corrected chi connectivity index (χ0v) is 16.8. The van der Waals surface area contributed by atoms with Crippen molar-refractivity contribution in [1.82, 2.24) is 9.80 Å². The van der Waals surface area contributed by atoms with E-state index in [1.54, 1.807) is 42.8 Å². The number of amides is 3. The molecule has 136 valence electrons. The zero-order valence-electron chi connectivity index (χ0n) is 14.4. The van der Waals surface area contributed by atoms with Crippen molar-refractivity contribution in [3.8, 4) is 0 Å². The summed E-state index contributed by atoms with van der Waals surface area (Å²) in [5, 5.41) is 0.527. The number of carbonyl (C=O) groups is 3. The molecule has 3 amide bonds. The van der Waals surface area contributed by atoms with E-state index in [9.17, 15) is 14.4 Å². The minimum Gasteiger partial charge on any atom is -0.295 e. The number of likely N-dealkylation sites (N-methyl/N-ethyl adjacent to an activating group) is 1. The summed E-state index contributed by atoms with van der Waals surface area (Å²) in [4.78, 5) is 44.5. The van der Waals surface area contributed by atoms with E-state index < -0.39 is 24.0 Å². The van der Waals surface area contributed by atoms with Crippen LogP contribution in [0, 0.1) is 0 Å². The highest BCUT2D eigenvalue weighted by Crippen LogP contribution is 2.25. The van der Waals surface area contributed by atoms with Crippen LogP contribution < -0.4 is 0 Å². The normalized spacial score (nSPS) is 21.1. The fourth-order valence-electron chi connectivity index (χ4n) is 3.00. The molecule has 0 aliphatic carbocycles. The minimum absolute atomic E-state index is 0.0895. The third kappa shape index (κ3) is 3.07. The van der Waals surface area contributed by atoms with Crippen LogP contribution >= 0.6 is 27.5 Å². The molecule has 0 bridgehead atoms. The van der Waals surface area contributed by atoms with Crippen molar-refractivity contribution in [1.29, 1.82) is 0 Å². The predicted octanol–water partition coefficient (Wildman–Crippen LogP) is 2.26. The lowest BCUT2D eigenvalue weighted by Gasteiger charge is -2.33. The van der Waals surface area contributed by atoms with Crippen LogP contribution in [0.15, 0.2) is 29.3 Å². The Morgan fingerprint density at radius 2 is 2.12 bits per heavy atom. The van der Waals surface area contributed by atoms with E-state index >= 15 is 0 Å². The molecule has 2 atom stereocenters. The number of carbonyl (C=O) groups excluding carboxylic acids is 3. The molecule has 26 heavy (non-hydrogen) atoms. The van der Waals surface area contributed by atoms with Crippen LogP contribution in [-0.2, 0) is 16.1 Å². The van der Waals surface area contributed by atoms with Gasteiger partial charge in [0.2, 0.25) is 0 Å². The molecular formula is C17H17BrClN4O3+. The molecule has 0 aromatic heterocycles. The smallest absolute Gasteiger partial charge is 0.295 e. The molecule has 3 rings (SSSR count). The van der Waals surface area contributed by atoms with Crippen molar-refractivity contribution in [3.05, 3.63) is 34.9 Å². The maximum Gasteiger partial charge on any atom is 0.365 e. The zero-order chi connectivity index (χ0) is 19.2. The van der Waals surface area contributed by atoms with Gasteiger partial charge in [0.15, 0.2) is 11.8 Å². The third-order valence-corrected chi connectivity index (χ3v) is 5.36. The molecule has 2 unspecified atom stereocenters. The SMILES string of the molecule is CC(=O)C(C)[N+]1=C(Br)N=C2C1C(=O)N(Cc1cccc(Cl)c1)C(=O)N2C. The highest BCUT2D eigenvalue weighted by atomic mass is 79.9. The monoisotopic (exact) mass is 439 g/mol. The Labute approximate surface area is 164 Å². The van der Waals surface area contributed by atoms with E-state index in [2.05, 4.69) is 20.9 Å². The Morgan fingerprint density at radius 3 is 2.73 bits per heavy atom. The van der Waals surface area contributed by atoms with Crippen LogP contribution in [0.25, 0.3) is 0 Å². The summed E-state index contributed by atoms with van der Waals surface area (Å²) in [6, 6.07) is 5.13. The van der Waals surface area contributed by atoms with Gasteiger partial charge in [0.05, 0.1) is 22.5 Å². The van der Waals surface area contributed by atoms with Crippen molar-refractivity contribution in [2.24, 2.45) is 4.99 Å². The maximum atomic E-state index is 13.1. The molecule has 2 heterocycles. The summed E-state index contributed by atoms with van der Waals surface area (Å²) >= 11 is 9.31. The highest BCUT2D eigenvalue weighted by Gasteiger charge is 2.55. The second-order valence-corrected chi connectivity index (χ2v) is 7.38. The molecule has 0 spiro atoms. The van der Waals surface area contributed by atoms with E-state index in [-0.39, 0.29) is 12.3 Å². The number of fused-ring (bicyclic) bond motifs is 1. The lowest BCUT2D eigenvalue weighted by molar-refractivity contribution is -0.553. The third-order valence-electron chi connectivity index (χ3n) is 4.54. The molecule has 1 aromatic carbocycles. The lowest BCUT2D eigenvalue weighted by Crippen LogP contribution is -2.63. The molecule has 7 nitrogen and oxygen atoms in total. The van der Waals surface area contributed by atoms with Gasteiger partial charge in [-0.2, -0.15) is 0 Å². The van der Waals surface area contributed by atoms with E-state index in [4.69, 9.17) is 11.6 Å². The molecule has 0 radical (unpaired) electrons. The summed E-state index contributed by atoms with van der Waals surface area (Å²) < 4.78 is 1.95. The van der Waals surface area contributed by atoms with E-state index in [0.29, 0.717) is 15.6 Å². The average Bonchev–Trinajstić information content (AvgIpc) is 2.93. The van der Waals surface area contributed by atoms with Crippen LogP contribution in [-0.4, -0.2) is 61.8 Å². The minimum atomic E-state index is -0.829. The number of hydrogen-bond acceptors (Lipinski definition) is 4.